The molecule has 3 nitrogen and oxygen atoms in total. The van der Waals surface area contributed by atoms with Gasteiger partial charge >= 0.3 is 0 Å². The number of nitrogens with two attached hydrogens (primary N) is 1. The van der Waals surface area contributed by atoms with E-state index in [9.17, 15) is 4.79 Å². The summed E-state index contributed by atoms with van der Waals surface area (Å²) in [5, 5.41) is 2.01. The molecule has 17 heavy (non-hydrogen) atoms. The Bertz CT molecular complexity index is 402. The van der Waals surface area contributed by atoms with E-state index >= 15 is 0 Å². The van der Waals surface area contributed by atoms with Crippen molar-refractivity contribution in [2.75, 3.05) is 13.1 Å². The standard InChI is InChI=1S/C13H20N2OS/c1-3-11-4-5-17-12(11)13(16)15-8-10(7-14)6-9(15)2/h4-5,9-10H,3,6-8,14H2,1-2H3. The number of rotatable bonds is 3. The average Bonchev–Trinajstić information content (AvgIpc) is 2.93. The Labute approximate surface area is 107 Å². The van der Waals surface area contributed by atoms with Gasteiger partial charge in [-0.3, -0.25) is 4.79 Å². The van der Waals surface area contributed by atoms with Crippen LogP contribution in [0.25, 0.3) is 0 Å². The molecule has 1 aliphatic rings. The lowest BCUT2D eigenvalue weighted by Gasteiger charge is -2.21. The maximum atomic E-state index is 12.5. The summed E-state index contributed by atoms with van der Waals surface area (Å²) in [5.41, 5.74) is 6.87. The molecule has 1 aromatic rings. The summed E-state index contributed by atoms with van der Waals surface area (Å²) in [4.78, 5) is 15.4. The minimum absolute atomic E-state index is 0.195. The van der Waals surface area contributed by atoms with Gasteiger partial charge in [-0.05, 0) is 49.2 Å². The van der Waals surface area contributed by atoms with Crippen LogP contribution >= 0.6 is 11.3 Å². The highest BCUT2D eigenvalue weighted by molar-refractivity contribution is 7.12. The molecule has 94 valence electrons. The zero-order valence-electron chi connectivity index (χ0n) is 10.5. The van der Waals surface area contributed by atoms with Crippen molar-refractivity contribution in [1.82, 2.24) is 4.90 Å². The van der Waals surface area contributed by atoms with Crippen LogP contribution in [0.5, 0.6) is 0 Å². The van der Waals surface area contributed by atoms with Gasteiger partial charge in [-0.25, -0.2) is 0 Å². The fourth-order valence-electron chi connectivity index (χ4n) is 2.53. The van der Waals surface area contributed by atoms with Crippen LogP contribution in [0, 0.1) is 5.92 Å². The molecule has 0 bridgehead atoms. The van der Waals surface area contributed by atoms with E-state index in [1.54, 1.807) is 11.3 Å². The lowest BCUT2D eigenvalue weighted by Crippen LogP contribution is -2.34. The fourth-order valence-corrected chi connectivity index (χ4v) is 3.48. The van der Waals surface area contributed by atoms with Crippen LogP contribution in [0.4, 0.5) is 0 Å². The molecule has 1 amide bonds. The van der Waals surface area contributed by atoms with Crippen molar-refractivity contribution < 1.29 is 4.79 Å². The first kappa shape index (κ1) is 12.6. The predicted molar refractivity (Wildman–Crippen MR) is 71.4 cm³/mol. The quantitative estimate of drug-likeness (QED) is 0.895. The van der Waals surface area contributed by atoms with Crippen LogP contribution in [0.15, 0.2) is 11.4 Å². The third kappa shape index (κ3) is 2.38. The molecule has 0 radical (unpaired) electrons. The largest absolute Gasteiger partial charge is 0.335 e. The molecule has 2 atom stereocenters. The van der Waals surface area contributed by atoms with Crippen molar-refractivity contribution in [2.24, 2.45) is 11.7 Å². The minimum atomic E-state index is 0.195. The smallest absolute Gasteiger partial charge is 0.264 e. The molecule has 0 aliphatic carbocycles. The number of amides is 1. The third-order valence-corrected chi connectivity index (χ3v) is 4.52. The van der Waals surface area contributed by atoms with Gasteiger partial charge in [0.15, 0.2) is 0 Å². The normalized spacial score (nSPS) is 24.3. The van der Waals surface area contributed by atoms with Crippen LogP contribution < -0.4 is 5.73 Å². The Morgan fingerprint density at radius 1 is 1.65 bits per heavy atom. The number of carbonyl (C=O) groups is 1. The molecular formula is C13H20N2OS. The van der Waals surface area contributed by atoms with Gasteiger partial charge in [0.05, 0.1) is 4.88 Å². The molecular weight excluding hydrogens is 232 g/mol. The van der Waals surface area contributed by atoms with Crippen LogP contribution in [0.2, 0.25) is 0 Å². The summed E-state index contributed by atoms with van der Waals surface area (Å²) in [6.45, 7) is 5.71. The van der Waals surface area contributed by atoms with Crippen molar-refractivity contribution in [1.29, 1.82) is 0 Å². The lowest BCUT2D eigenvalue weighted by molar-refractivity contribution is 0.0747. The van der Waals surface area contributed by atoms with Gasteiger partial charge in [-0.15, -0.1) is 11.3 Å². The second kappa shape index (κ2) is 5.19. The summed E-state index contributed by atoms with van der Waals surface area (Å²) in [5.74, 6) is 0.666. The lowest BCUT2D eigenvalue weighted by atomic mass is 10.1. The number of hydrogen-bond donors (Lipinski definition) is 1. The molecule has 0 spiro atoms. The molecule has 0 aromatic carbocycles. The summed E-state index contributed by atoms with van der Waals surface area (Å²) < 4.78 is 0. The molecule has 1 fully saturated rings. The number of hydrogen-bond acceptors (Lipinski definition) is 3. The second-order valence-electron chi connectivity index (χ2n) is 4.77. The number of nitrogens with zero attached hydrogens (tertiary/aromatic N) is 1. The van der Waals surface area contributed by atoms with Crippen molar-refractivity contribution in [3.63, 3.8) is 0 Å². The zero-order chi connectivity index (χ0) is 12.4. The van der Waals surface area contributed by atoms with Crippen molar-refractivity contribution in [3.05, 3.63) is 21.9 Å². The average molecular weight is 252 g/mol. The van der Waals surface area contributed by atoms with E-state index in [4.69, 9.17) is 5.73 Å². The van der Waals surface area contributed by atoms with E-state index < -0.39 is 0 Å². The summed E-state index contributed by atoms with van der Waals surface area (Å²) >= 11 is 1.56. The van der Waals surface area contributed by atoms with Crippen LogP contribution in [0.1, 0.15) is 35.5 Å². The molecule has 1 aromatic heterocycles. The Morgan fingerprint density at radius 2 is 2.41 bits per heavy atom. The highest BCUT2D eigenvalue weighted by atomic mass is 32.1. The van der Waals surface area contributed by atoms with E-state index in [2.05, 4.69) is 19.9 Å². The van der Waals surface area contributed by atoms with Crippen molar-refractivity contribution in [2.45, 2.75) is 32.7 Å². The molecule has 1 saturated heterocycles. The first-order valence-corrected chi connectivity index (χ1v) is 7.12. The summed E-state index contributed by atoms with van der Waals surface area (Å²) in [6, 6.07) is 2.38. The Balaban J connectivity index is 2.15. The zero-order valence-corrected chi connectivity index (χ0v) is 11.3. The van der Waals surface area contributed by atoms with Gasteiger partial charge in [-0.1, -0.05) is 6.92 Å². The highest BCUT2D eigenvalue weighted by Gasteiger charge is 2.33. The first-order valence-electron chi connectivity index (χ1n) is 6.24. The van der Waals surface area contributed by atoms with Gasteiger partial charge < -0.3 is 10.6 Å². The van der Waals surface area contributed by atoms with E-state index in [0.717, 1.165) is 24.3 Å². The number of likely N-dealkylation sites (tertiary alicyclic amines) is 1. The maximum Gasteiger partial charge on any atom is 0.264 e. The van der Waals surface area contributed by atoms with Gasteiger partial charge in [0.1, 0.15) is 0 Å². The van der Waals surface area contributed by atoms with Crippen molar-refractivity contribution in [3.8, 4) is 0 Å². The van der Waals surface area contributed by atoms with E-state index in [1.165, 1.54) is 5.56 Å². The maximum absolute atomic E-state index is 12.5. The van der Waals surface area contributed by atoms with Crippen LogP contribution in [-0.4, -0.2) is 29.9 Å². The van der Waals surface area contributed by atoms with Gasteiger partial charge in [0.25, 0.3) is 5.91 Å². The summed E-state index contributed by atoms with van der Waals surface area (Å²) in [7, 11) is 0. The van der Waals surface area contributed by atoms with Gasteiger partial charge in [0, 0.05) is 12.6 Å². The van der Waals surface area contributed by atoms with E-state index in [1.807, 2.05) is 10.3 Å². The van der Waals surface area contributed by atoms with Gasteiger partial charge in [0.2, 0.25) is 0 Å². The molecule has 4 heteroatoms. The SMILES string of the molecule is CCc1ccsc1C(=O)N1CC(CN)CC1C. The number of aryl methyl sites for hydroxylation is 1. The molecule has 2 heterocycles. The Kier molecular flexibility index (Phi) is 3.84. The van der Waals surface area contributed by atoms with E-state index in [0.29, 0.717) is 18.5 Å². The third-order valence-electron chi connectivity index (χ3n) is 3.58. The van der Waals surface area contributed by atoms with Crippen LogP contribution in [-0.2, 0) is 6.42 Å². The fraction of sp³-hybridized carbons (Fsp3) is 0.615. The molecule has 1 aliphatic heterocycles. The highest BCUT2D eigenvalue weighted by Crippen LogP contribution is 2.27. The second-order valence-corrected chi connectivity index (χ2v) is 5.69. The summed E-state index contributed by atoms with van der Waals surface area (Å²) in [6.07, 6.45) is 1.96. The van der Waals surface area contributed by atoms with Gasteiger partial charge in [-0.2, -0.15) is 0 Å². The van der Waals surface area contributed by atoms with Crippen LogP contribution in [0.3, 0.4) is 0 Å². The molecule has 2 N–H and O–H groups in total. The van der Waals surface area contributed by atoms with E-state index in [-0.39, 0.29) is 5.91 Å². The topological polar surface area (TPSA) is 46.3 Å². The molecule has 2 unspecified atom stereocenters. The molecule has 2 rings (SSSR count). The minimum Gasteiger partial charge on any atom is -0.335 e. The first-order chi connectivity index (χ1) is 8.17. The number of thiophene rings is 1. The number of carbonyl (C=O) groups excluding carboxylic acids is 1. The monoisotopic (exact) mass is 252 g/mol. The molecule has 0 saturated carbocycles. The Hall–Kier alpha value is -0.870. The van der Waals surface area contributed by atoms with Crippen molar-refractivity contribution >= 4 is 17.2 Å². The predicted octanol–water partition coefficient (Wildman–Crippen LogP) is 2.12. The Morgan fingerprint density at radius 3 is 3.00 bits per heavy atom.